The summed E-state index contributed by atoms with van der Waals surface area (Å²) in [6.45, 7) is 0.461. The number of hydrogen-bond acceptors (Lipinski definition) is 2. The molecule has 0 spiro atoms. The molecule has 0 aliphatic carbocycles. The van der Waals surface area contributed by atoms with Gasteiger partial charge in [-0.3, -0.25) is 4.79 Å². The number of para-hydroxylation sites is 2. The van der Waals surface area contributed by atoms with Crippen LogP contribution in [0.15, 0.2) is 24.3 Å². The summed E-state index contributed by atoms with van der Waals surface area (Å²) in [4.78, 5) is 11.1. The van der Waals surface area contributed by atoms with Crippen LogP contribution >= 0.6 is 12.4 Å². The predicted octanol–water partition coefficient (Wildman–Crippen LogP) is 1.83. The monoisotopic (exact) mass is 199 g/mol. The van der Waals surface area contributed by atoms with Gasteiger partial charge >= 0.3 is 0 Å². The largest absolute Gasteiger partial charge is 0.491 e. The van der Waals surface area contributed by atoms with Crippen LogP contribution in [-0.4, -0.2) is 12.5 Å². The first-order chi connectivity index (χ1) is 5.86. The first kappa shape index (κ1) is 9.86. The zero-order valence-corrected chi connectivity index (χ0v) is 7.76. The molecule has 3 nitrogen and oxygen atoms in total. The second-order valence-corrected chi connectivity index (χ2v) is 2.64. The van der Waals surface area contributed by atoms with Crippen LogP contribution in [0.5, 0.6) is 5.75 Å². The van der Waals surface area contributed by atoms with E-state index in [4.69, 9.17) is 4.74 Å². The average molecular weight is 200 g/mol. The molecule has 0 unspecified atom stereocenters. The maximum Gasteiger partial charge on any atom is 0.227 e. The molecule has 0 saturated carbocycles. The van der Waals surface area contributed by atoms with Crippen molar-refractivity contribution in [2.75, 3.05) is 11.9 Å². The Morgan fingerprint density at radius 1 is 1.31 bits per heavy atom. The summed E-state index contributed by atoms with van der Waals surface area (Å²) in [6.07, 6.45) is 0.425. The fourth-order valence-corrected chi connectivity index (χ4v) is 1.16. The van der Waals surface area contributed by atoms with E-state index in [9.17, 15) is 4.79 Å². The van der Waals surface area contributed by atoms with Gasteiger partial charge in [0.2, 0.25) is 5.91 Å². The van der Waals surface area contributed by atoms with Crippen molar-refractivity contribution in [1.29, 1.82) is 0 Å². The van der Waals surface area contributed by atoms with E-state index in [0.29, 0.717) is 13.0 Å². The van der Waals surface area contributed by atoms with Crippen LogP contribution in [-0.2, 0) is 4.79 Å². The van der Waals surface area contributed by atoms with Crippen LogP contribution < -0.4 is 10.1 Å². The highest BCUT2D eigenvalue weighted by Gasteiger charge is 2.11. The summed E-state index contributed by atoms with van der Waals surface area (Å²) in [6, 6.07) is 7.43. The lowest BCUT2D eigenvalue weighted by Gasteiger charge is -2.04. The van der Waals surface area contributed by atoms with E-state index in [1.807, 2.05) is 24.3 Å². The molecule has 1 aromatic rings. The fourth-order valence-electron chi connectivity index (χ4n) is 1.16. The number of halogens is 1. The molecule has 2 rings (SSSR count). The van der Waals surface area contributed by atoms with Crippen LogP contribution in [0.4, 0.5) is 5.69 Å². The number of fused-ring (bicyclic) bond motifs is 1. The maximum absolute atomic E-state index is 11.1. The summed E-state index contributed by atoms with van der Waals surface area (Å²) in [5.74, 6) is 0.767. The van der Waals surface area contributed by atoms with Gasteiger partial charge in [0.25, 0.3) is 0 Å². The van der Waals surface area contributed by atoms with Gasteiger partial charge in [-0.15, -0.1) is 12.4 Å². The summed E-state index contributed by atoms with van der Waals surface area (Å²) in [5, 5.41) is 2.76. The van der Waals surface area contributed by atoms with Crippen LogP contribution in [0.25, 0.3) is 0 Å². The van der Waals surface area contributed by atoms with Gasteiger partial charge < -0.3 is 10.1 Å². The van der Waals surface area contributed by atoms with Gasteiger partial charge in [0.15, 0.2) is 0 Å². The van der Waals surface area contributed by atoms with Gasteiger partial charge in [-0.25, -0.2) is 0 Å². The van der Waals surface area contributed by atoms with Crippen molar-refractivity contribution in [3.8, 4) is 5.75 Å². The van der Waals surface area contributed by atoms with Gasteiger partial charge in [0, 0.05) is 0 Å². The number of rotatable bonds is 0. The Bertz CT molecular complexity index is 314. The molecule has 1 aliphatic rings. The van der Waals surface area contributed by atoms with Gasteiger partial charge in [0.1, 0.15) is 5.75 Å². The Morgan fingerprint density at radius 2 is 2.08 bits per heavy atom. The normalized spacial score (nSPS) is 14.3. The van der Waals surface area contributed by atoms with Crippen molar-refractivity contribution >= 4 is 24.0 Å². The summed E-state index contributed by atoms with van der Waals surface area (Å²) < 4.78 is 5.34. The van der Waals surface area contributed by atoms with Crippen LogP contribution in [0.1, 0.15) is 6.42 Å². The number of hydrogen-bond donors (Lipinski definition) is 1. The van der Waals surface area contributed by atoms with E-state index in [1.165, 1.54) is 0 Å². The number of carbonyl (C=O) groups is 1. The van der Waals surface area contributed by atoms with Gasteiger partial charge in [-0.05, 0) is 12.1 Å². The highest BCUT2D eigenvalue weighted by atomic mass is 35.5. The Balaban J connectivity index is 0.000000845. The number of nitrogens with one attached hydrogen (secondary N) is 1. The zero-order chi connectivity index (χ0) is 8.39. The molecule has 0 fully saturated rings. The molecule has 1 aromatic carbocycles. The predicted molar refractivity (Wildman–Crippen MR) is 52.4 cm³/mol. The third-order valence-electron chi connectivity index (χ3n) is 1.75. The number of ether oxygens (including phenoxy) is 1. The van der Waals surface area contributed by atoms with E-state index in [-0.39, 0.29) is 18.3 Å². The van der Waals surface area contributed by atoms with Crippen LogP contribution in [0, 0.1) is 0 Å². The second kappa shape index (κ2) is 4.14. The molecule has 0 saturated heterocycles. The fraction of sp³-hybridized carbons (Fsp3) is 0.222. The Kier molecular flexibility index (Phi) is 3.14. The quantitative estimate of drug-likeness (QED) is 0.693. The van der Waals surface area contributed by atoms with Crippen molar-refractivity contribution in [3.05, 3.63) is 24.3 Å². The first-order valence-electron chi connectivity index (χ1n) is 3.88. The molecular formula is C9H10ClNO2. The lowest BCUT2D eigenvalue weighted by atomic mass is 10.3. The number of benzene rings is 1. The molecule has 0 radical (unpaired) electrons. The molecule has 4 heteroatoms. The van der Waals surface area contributed by atoms with Gasteiger partial charge in [-0.2, -0.15) is 0 Å². The average Bonchev–Trinajstić information content (AvgIpc) is 2.25. The summed E-state index contributed by atoms with van der Waals surface area (Å²) in [7, 11) is 0. The van der Waals surface area contributed by atoms with E-state index < -0.39 is 0 Å². The van der Waals surface area contributed by atoms with Crippen LogP contribution in [0.2, 0.25) is 0 Å². The molecular weight excluding hydrogens is 190 g/mol. The first-order valence-corrected chi connectivity index (χ1v) is 3.88. The summed E-state index contributed by atoms with van der Waals surface area (Å²) in [5.41, 5.74) is 0.764. The third kappa shape index (κ3) is 2.12. The topological polar surface area (TPSA) is 38.3 Å². The Labute approximate surface area is 82.5 Å². The van der Waals surface area contributed by atoms with Crippen LogP contribution in [0.3, 0.4) is 0 Å². The molecule has 1 N–H and O–H groups in total. The van der Waals surface area contributed by atoms with E-state index >= 15 is 0 Å². The number of carbonyl (C=O) groups excluding carboxylic acids is 1. The van der Waals surface area contributed by atoms with Crippen molar-refractivity contribution in [1.82, 2.24) is 0 Å². The molecule has 13 heavy (non-hydrogen) atoms. The molecule has 70 valence electrons. The van der Waals surface area contributed by atoms with Crippen molar-refractivity contribution in [2.45, 2.75) is 6.42 Å². The minimum absolute atomic E-state index is 0. The highest BCUT2D eigenvalue weighted by molar-refractivity contribution is 5.92. The molecule has 0 bridgehead atoms. The maximum atomic E-state index is 11.1. The molecule has 1 amide bonds. The molecule has 0 aromatic heterocycles. The lowest BCUT2D eigenvalue weighted by Crippen LogP contribution is -2.10. The minimum Gasteiger partial charge on any atom is -0.491 e. The van der Waals surface area contributed by atoms with Gasteiger partial charge in [-0.1, -0.05) is 12.1 Å². The molecule has 0 atom stereocenters. The number of amides is 1. The smallest absolute Gasteiger partial charge is 0.227 e. The summed E-state index contributed by atoms with van der Waals surface area (Å²) >= 11 is 0. The van der Waals surface area contributed by atoms with Gasteiger partial charge in [0.05, 0.1) is 18.7 Å². The minimum atomic E-state index is 0. The number of anilines is 1. The second-order valence-electron chi connectivity index (χ2n) is 2.64. The van der Waals surface area contributed by atoms with E-state index in [2.05, 4.69) is 5.32 Å². The van der Waals surface area contributed by atoms with E-state index in [1.54, 1.807) is 0 Å². The highest BCUT2D eigenvalue weighted by Crippen LogP contribution is 2.25. The third-order valence-corrected chi connectivity index (χ3v) is 1.75. The Hall–Kier alpha value is -1.22. The van der Waals surface area contributed by atoms with Crippen molar-refractivity contribution in [3.63, 3.8) is 0 Å². The Morgan fingerprint density at radius 3 is 2.92 bits per heavy atom. The molecule has 1 aliphatic heterocycles. The van der Waals surface area contributed by atoms with Crippen molar-refractivity contribution in [2.24, 2.45) is 0 Å². The van der Waals surface area contributed by atoms with Crippen molar-refractivity contribution < 1.29 is 9.53 Å². The SMILES string of the molecule is Cl.O=C1CCOc2ccccc2N1. The standard InChI is InChI=1S/C9H9NO2.ClH/c11-9-5-6-12-8-4-2-1-3-7(8)10-9;/h1-4H,5-6H2,(H,10,11);1H. The lowest BCUT2D eigenvalue weighted by molar-refractivity contribution is -0.116. The van der Waals surface area contributed by atoms with E-state index in [0.717, 1.165) is 11.4 Å². The molecule has 1 heterocycles. The zero-order valence-electron chi connectivity index (χ0n) is 6.95.